The quantitative estimate of drug-likeness (QED) is 0.282. The van der Waals surface area contributed by atoms with E-state index in [9.17, 15) is 28.0 Å². The highest BCUT2D eigenvalue weighted by atomic mass is 32.2. The molecule has 4 aliphatic rings. The smallest absolute Gasteiger partial charge is 0.411 e. The van der Waals surface area contributed by atoms with Gasteiger partial charge in [0.25, 0.3) is 0 Å². The summed E-state index contributed by atoms with van der Waals surface area (Å²) in [6.45, 7) is 4.58. The molecule has 192 valence electrons. The molecule has 0 aromatic rings. The van der Waals surface area contributed by atoms with Gasteiger partial charge in [0.2, 0.25) is 0 Å². The summed E-state index contributed by atoms with van der Waals surface area (Å²) in [5.41, 5.74) is 0.806. The number of oxime groups is 1. The van der Waals surface area contributed by atoms with Crippen LogP contribution in [0.1, 0.15) is 78.1 Å². The first kappa shape index (κ1) is 25.8. The molecule has 0 radical (unpaired) electrons. The zero-order valence-corrected chi connectivity index (χ0v) is 20.9. The van der Waals surface area contributed by atoms with E-state index in [1.165, 1.54) is 0 Å². The molecule has 2 N–H and O–H groups in total. The molecule has 0 saturated heterocycles. The largest absolute Gasteiger partial charge is 0.471 e. The van der Waals surface area contributed by atoms with Crippen LogP contribution in [-0.2, 0) is 9.59 Å². The third-order valence-electron chi connectivity index (χ3n) is 9.74. The Hall–Kier alpha value is -1.25. The Morgan fingerprint density at radius 1 is 1.18 bits per heavy atom. The number of carbonyl (C=O) groups excluding carboxylic acids is 2. The molecule has 5 nitrogen and oxygen atoms in total. The molecule has 0 aromatic heterocycles. The van der Waals surface area contributed by atoms with Gasteiger partial charge >= 0.3 is 12.1 Å². The number of thioether (sulfide) groups is 1. The molecule has 0 heterocycles. The van der Waals surface area contributed by atoms with E-state index in [2.05, 4.69) is 19.0 Å². The molecule has 7 atom stereocenters. The van der Waals surface area contributed by atoms with E-state index in [-0.39, 0.29) is 23.3 Å². The van der Waals surface area contributed by atoms with E-state index in [1.54, 1.807) is 0 Å². The van der Waals surface area contributed by atoms with Gasteiger partial charge < -0.3 is 10.5 Å². The minimum absolute atomic E-state index is 0.0389. The Kier molecular flexibility index (Phi) is 7.34. The molecule has 1 unspecified atom stereocenters. The molecule has 0 aliphatic heterocycles. The van der Waals surface area contributed by atoms with Gasteiger partial charge in [0.15, 0.2) is 0 Å². The summed E-state index contributed by atoms with van der Waals surface area (Å²) in [6, 6.07) is 0. The number of amides is 1. The average Bonchev–Trinajstić information content (AvgIpc) is 3.09. The van der Waals surface area contributed by atoms with Crippen molar-refractivity contribution in [3.8, 4) is 0 Å². The van der Waals surface area contributed by atoms with Gasteiger partial charge in [-0.25, -0.2) is 0 Å². The van der Waals surface area contributed by atoms with Gasteiger partial charge in [0.05, 0.1) is 5.71 Å². The van der Waals surface area contributed by atoms with Crippen LogP contribution in [0.15, 0.2) is 5.16 Å². The van der Waals surface area contributed by atoms with E-state index < -0.39 is 12.1 Å². The number of hydrogen-bond acceptors (Lipinski definition) is 5. The Morgan fingerprint density at radius 3 is 2.65 bits per heavy atom. The molecule has 0 bridgehead atoms. The van der Waals surface area contributed by atoms with E-state index in [4.69, 9.17) is 0 Å². The van der Waals surface area contributed by atoms with Crippen LogP contribution >= 0.6 is 11.8 Å². The molecule has 4 saturated carbocycles. The monoisotopic (exact) mass is 502 g/mol. The Balaban J connectivity index is 1.31. The third kappa shape index (κ3) is 4.62. The second-order valence-corrected chi connectivity index (χ2v) is 12.8. The highest BCUT2D eigenvalue weighted by Crippen LogP contribution is 2.65. The molecular weight excluding hydrogens is 465 g/mol. The maximum atomic E-state index is 12.7. The highest BCUT2D eigenvalue weighted by Gasteiger charge is 2.61. The fraction of sp³-hybridized carbons (Fsp3) is 0.880. The lowest BCUT2D eigenvalue weighted by Gasteiger charge is -2.60. The van der Waals surface area contributed by atoms with Crippen molar-refractivity contribution in [1.82, 2.24) is 5.32 Å². The first-order valence-corrected chi connectivity index (χ1v) is 13.8. The van der Waals surface area contributed by atoms with Gasteiger partial charge in [-0.05, 0) is 86.7 Å². The van der Waals surface area contributed by atoms with Gasteiger partial charge in [-0.1, -0.05) is 19.0 Å². The Bertz CT molecular complexity index is 835. The first-order chi connectivity index (χ1) is 16.0. The second-order valence-electron chi connectivity index (χ2n) is 11.4. The molecule has 34 heavy (non-hydrogen) atoms. The van der Waals surface area contributed by atoms with Crippen molar-refractivity contribution < 1.29 is 28.0 Å². The van der Waals surface area contributed by atoms with Gasteiger partial charge in [-0.15, -0.1) is 0 Å². The van der Waals surface area contributed by atoms with Gasteiger partial charge in [-0.3, -0.25) is 9.59 Å². The maximum Gasteiger partial charge on any atom is 0.471 e. The van der Waals surface area contributed by atoms with Crippen molar-refractivity contribution in [2.75, 3.05) is 12.3 Å². The standard InChI is InChI=1S/C25H37F3N2O3S/c1-23-9-7-15(34-12-4-3-11-29-22(32)25(26,27)28)13-19(23)20(30-33)14-16-17-5-6-21(31)24(17,2)10-8-18(16)23/h15-19,33H,3-14H2,1-2H3,(H,29,32)/b30-20+/t15-,16+,17+,18+,19?,23-,24+/m1/s1. The average molecular weight is 503 g/mol. The summed E-state index contributed by atoms with van der Waals surface area (Å²) in [6.07, 6.45) is 4.10. The number of Topliss-reactive ketones (excluding diaryl/α,β-unsaturated/α-hetero) is 1. The predicted molar refractivity (Wildman–Crippen MR) is 126 cm³/mol. The van der Waals surface area contributed by atoms with Crippen LogP contribution in [0, 0.1) is 34.5 Å². The molecule has 4 rings (SSSR count). The summed E-state index contributed by atoms with van der Waals surface area (Å²) < 4.78 is 36.7. The minimum Gasteiger partial charge on any atom is -0.411 e. The summed E-state index contributed by atoms with van der Waals surface area (Å²) in [5, 5.41) is 16.1. The molecule has 4 aliphatic carbocycles. The van der Waals surface area contributed by atoms with Gasteiger partial charge in [0, 0.05) is 29.5 Å². The van der Waals surface area contributed by atoms with Crippen LogP contribution in [0.4, 0.5) is 13.2 Å². The van der Waals surface area contributed by atoms with Crippen molar-refractivity contribution >= 4 is 29.2 Å². The number of hydrogen-bond donors (Lipinski definition) is 2. The summed E-state index contributed by atoms with van der Waals surface area (Å²) in [7, 11) is 0. The maximum absolute atomic E-state index is 12.7. The molecule has 0 aromatic carbocycles. The normalized spacial score (nSPS) is 41.0. The third-order valence-corrected chi connectivity index (χ3v) is 11.2. The Labute approximate surface area is 204 Å². The van der Waals surface area contributed by atoms with Crippen LogP contribution in [0.3, 0.4) is 0 Å². The number of rotatable bonds is 6. The number of alkyl halides is 3. The summed E-state index contributed by atoms with van der Waals surface area (Å²) >= 11 is 1.86. The minimum atomic E-state index is -4.82. The SMILES string of the molecule is C[C@]12CC[C@@H](SCCCCNC(=O)C(F)(F)F)CC1/C(=N/O)C[C@@H]1[C@@H]2CC[C@]2(C)C(=O)CC[C@@H]12. The zero-order valence-electron chi connectivity index (χ0n) is 20.1. The van der Waals surface area contributed by atoms with Crippen LogP contribution in [-0.4, -0.2) is 46.3 Å². The number of carbonyl (C=O) groups is 2. The number of fused-ring (bicyclic) bond motifs is 5. The van der Waals surface area contributed by atoms with Crippen LogP contribution in [0.5, 0.6) is 0 Å². The van der Waals surface area contributed by atoms with E-state index >= 15 is 0 Å². The number of halogens is 3. The molecular formula is C25H37F3N2O3S. The van der Waals surface area contributed by atoms with Gasteiger partial charge in [0.1, 0.15) is 5.78 Å². The fourth-order valence-electron chi connectivity index (χ4n) is 7.84. The number of unbranched alkanes of at least 4 members (excludes halogenated alkanes) is 1. The Morgan fingerprint density at radius 2 is 1.94 bits per heavy atom. The van der Waals surface area contributed by atoms with Gasteiger partial charge in [-0.2, -0.15) is 24.9 Å². The van der Waals surface area contributed by atoms with Crippen molar-refractivity contribution in [3.63, 3.8) is 0 Å². The number of nitrogens with one attached hydrogen (secondary N) is 1. The lowest BCUT2D eigenvalue weighted by Crippen LogP contribution is -2.56. The zero-order chi connectivity index (χ0) is 24.7. The van der Waals surface area contributed by atoms with Crippen molar-refractivity contribution in [2.24, 2.45) is 39.7 Å². The second kappa shape index (κ2) is 9.66. The molecule has 9 heteroatoms. The topological polar surface area (TPSA) is 78.8 Å². The van der Waals surface area contributed by atoms with Crippen LogP contribution in [0.2, 0.25) is 0 Å². The fourth-order valence-corrected chi connectivity index (χ4v) is 9.16. The summed E-state index contributed by atoms with van der Waals surface area (Å²) in [4.78, 5) is 23.5. The van der Waals surface area contributed by atoms with E-state index in [0.717, 1.165) is 62.8 Å². The van der Waals surface area contributed by atoms with E-state index in [0.29, 0.717) is 41.6 Å². The lowest BCUT2D eigenvalue weighted by atomic mass is 9.45. The number of ketones is 1. The van der Waals surface area contributed by atoms with Crippen molar-refractivity contribution in [3.05, 3.63) is 0 Å². The van der Waals surface area contributed by atoms with Crippen LogP contribution < -0.4 is 5.32 Å². The van der Waals surface area contributed by atoms with Crippen molar-refractivity contribution in [1.29, 1.82) is 0 Å². The molecule has 0 spiro atoms. The number of nitrogens with zero attached hydrogens (tertiary/aromatic N) is 1. The van der Waals surface area contributed by atoms with Crippen molar-refractivity contribution in [2.45, 2.75) is 89.5 Å². The summed E-state index contributed by atoms with van der Waals surface area (Å²) in [5.74, 6) is 1.03. The first-order valence-electron chi connectivity index (χ1n) is 12.7. The predicted octanol–water partition coefficient (Wildman–Crippen LogP) is 5.60. The van der Waals surface area contributed by atoms with Crippen LogP contribution in [0.25, 0.3) is 0 Å². The molecule has 1 amide bonds. The highest BCUT2D eigenvalue weighted by molar-refractivity contribution is 7.99. The van der Waals surface area contributed by atoms with E-state index in [1.807, 2.05) is 17.1 Å². The molecule has 4 fully saturated rings. The lowest BCUT2D eigenvalue weighted by molar-refractivity contribution is -0.173.